The highest BCUT2D eigenvalue weighted by Crippen LogP contribution is 2.20. The third-order valence-electron chi connectivity index (χ3n) is 3.51. The van der Waals surface area contributed by atoms with Crippen molar-refractivity contribution in [2.24, 2.45) is 5.92 Å². The van der Waals surface area contributed by atoms with Crippen LogP contribution in [0.15, 0.2) is 18.2 Å². The van der Waals surface area contributed by atoms with E-state index in [2.05, 4.69) is 58.1 Å². The molecular weight excluding hydrogens is 206 g/mol. The molecule has 1 N–H and O–H groups in total. The van der Waals surface area contributed by atoms with Gasteiger partial charge in [-0.05, 0) is 62.8 Å². The van der Waals surface area contributed by atoms with Gasteiger partial charge in [0.25, 0.3) is 0 Å². The van der Waals surface area contributed by atoms with E-state index in [1.165, 1.54) is 24.0 Å². The molecule has 2 unspecified atom stereocenters. The third kappa shape index (κ3) is 4.51. The van der Waals surface area contributed by atoms with Gasteiger partial charge in [-0.25, -0.2) is 0 Å². The largest absolute Gasteiger partial charge is 0.315 e. The van der Waals surface area contributed by atoms with Crippen molar-refractivity contribution < 1.29 is 0 Å². The Morgan fingerprint density at radius 1 is 1.12 bits per heavy atom. The van der Waals surface area contributed by atoms with Gasteiger partial charge in [0, 0.05) is 6.04 Å². The predicted molar refractivity (Wildman–Crippen MR) is 76.5 cm³/mol. The molecule has 0 fully saturated rings. The van der Waals surface area contributed by atoms with Crippen molar-refractivity contribution in [1.82, 2.24) is 5.32 Å². The van der Waals surface area contributed by atoms with E-state index in [1.807, 2.05) is 0 Å². The van der Waals surface area contributed by atoms with Crippen LogP contribution in [0.4, 0.5) is 0 Å². The molecule has 0 saturated heterocycles. The van der Waals surface area contributed by atoms with Gasteiger partial charge in [-0.1, -0.05) is 32.0 Å². The summed E-state index contributed by atoms with van der Waals surface area (Å²) in [6.07, 6.45) is 2.45. The molecule has 0 aliphatic rings. The normalized spacial score (nSPS) is 14.6. The molecule has 0 spiro atoms. The zero-order valence-electron chi connectivity index (χ0n) is 12.0. The van der Waals surface area contributed by atoms with E-state index in [4.69, 9.17) is 0 Å². The van der Waals surface area contributed by atoms with Crippen LogP contribution in [0, 0.1) is 19.8 Å². The van der Waals surface area contributed by atoms with Gasteiger partial charge in [0.15, 0.2) is 0 Å². The van der Waals surface area contributed by atoms with Crippen molar-refractivity contribution in [3.63, 3.8) is 0 Å². The Kier molecular flexibility index (Phi) is 5.70. The number of nitrogens with one attached hydrogen (secondary N) is 1. The lowest BCUT2D eigenvalue weighted by molar-refractivity contribution is 0.425. The van der Waals surface area contributed by atoms with E-state index in [1.54, 1.807) is 5.56 Å². The fourth-order valence-electron chi connectivity index (χ4n) is 2.64. The first-order valence-electron chi connectivity index (χ1n) is 6.83. The molecule has 0 bridgehead atoms. The molecule has 0 aromatic heterocycles. The van der Waals surface area contributed by atoms with Crippen LogP contribution in [0.5, 0.6) is 0 Å². The highest BCUT2D eigenvalue weighted by Gasteiger charge is 2.11. The van der Waals surface area contributed by atoms with Crippen LogP contribution < -0.4 is 5.32 Å². The smallest absolute Gasteiger partial charge is 0.00412 e. The van der Waals surface area contributed by atoms with Crippen molar-refractivity contribution in [2.45, 2.75) is 53.5 Å². The molecule has 1 aromatic rings. The van der Waals surface area contributed by atoms with Gasteiger partial charge in [-0.3, -0.25) is 0 Å². The van der Waals surface area contributed by atoms with Gasteiger partial charge in [-0.15, -0.1) is 0 Å². The highest BCUT2D eigenvalue weighted by molar-refractivity contribution is 5.33. The Morgan fingerprint density at radius 2 is 1.71 bits per heavy atom. The molecule has 0 aliphatic heterocycles. The molecule has 1 aromatic carbocycles. The second kappa shape index (κ2) is 6.80. The van der Waals surface area contributed by atoms with Crippen molar-refractivity contribution in [3.8, 4) is 0 Å². The molecule has 0 saturated carbocycles. The summed E-state index contributed by atoms with van der Waals surface area (Å²) in [5.41, 5.74) is 4.42. The van der Waals surface area contributed by atoms with Gasteiger partial charge in [0.2, 0.25) is 0 Å². The number of hydrogen-bond donors (Lipinski definition) is 1. The molecule has 1 rings (SSSR count). The minimum Gasteiger partial charge on any atom is -0.315 e. The SMILES string of the molecule is CCNC(C)CC(C)Cc1c(C)cccc1C. The van der Waals surface area contributed by atoms with Crippen LogP contribution in [0.25, 0.3) is 0 Å². The zero-order chi connectivity index (χ0) is 12.8. The number of aryl methyl sites for hydroxylation is 2. The van der Waals surface area contributed by atoms with Crippen LogP contribution in [0.3, 0.4) is 0 Å². The van der Waals surface area contributed by atoms with Gasteiger partial charge in [0.1, 0.15) is 0 Å². The van der Waals surface area contributed by atoms with Crippen LogP contribution >= 0.6 is 0 Å². The molecular formula is C16H27N. The third-order valence-corrected chi connectivity index (χ3v) is 3.51. The van der Waals surface area contributed by atoms with Crippen molar-refractivity contribution in [3.05, 3.63) is 34.9 Å². The summed E-state index contributed by atoms with van der Waals surface area (Å²) in [6.45, 7) is 12.3. The van der Waals surface area contributed by atoms with E-state index < -0.39 is 0 Å². The lowest BCUT2D eigenvalue weighted by atomic mass is 9.90. The Bertz CT molecular complexity index is 323. The predicted octanol–water partition coefficient (Wildman–Crippen LogP) is 3.87. The molecule has 96 valence electrons. The molecule has 0 radical (unpaired) electrons. The first-order valence-corrected chi connectivity index (χ1v) is 6.83. The van der Waals surface area contributed by atoms with Crippen LogP contribution in [-0.2, 0) is 6.42 Å². The van der Waals surface area contributed by atoms with Gasteiger partial charge in [0.05, 0.1) is 0 Å². The fourth-order valence-corrected chi connectivity index (χ4v) is 2.64. The number of rotatable bonds is 6. The molecule has 2 atom stereocenters. The van der Waals surface area contributed by atoms with Crippen molar-refractivity contribution in [2.75, 3.05) is 6.54 Å². The summed E-state index contributed by atoms with van der Waals surface area (Å²) in [6, 6.07) is 7.23. The summed E-state index contributed by atoms with van der Waals surface area (Å²) >= 11 is 0. The monoisotopic (exact) mass is 233 g/mol. The fraction of sp³-hybridized carbons (Fsp3) is 0.625. The Labute approximate surface area is 107 Å². The van der Waals surface area contributed by atoms with Gasteiger partial charge >= 0.3 is 0 Å². The second-order valence-electron chi connectivity index (χ2n) is 5.37. The minimum atomic E-state index is 0.624. The standard InChI is InChI=1S/C16H27N/c1-6-17-15(5)10-12(2)11-16-13(3)8-7-9-14(16)4/h7-9,12,15,17H,6,10-11H2,1-5H3. The molecule has 0 amide bonds. The summed E-state index contributed by atoms with van der Waals surface area (Å²) in [7, 11) is 0. The van der Waals surface area contributed by atoms with E-state index in [0.717, 1.165) is 12.5 Å². The average molecular weight is 233 g/mol. The Hall–Kier alpha value is -0.820. The quantitative estimate of drug-likeness (QED) is 0.786. The van der Waals surface area contributed by atoms with E-state index >= 15 is 0 Å². The minimum absolute atomic E-state index is 0.624. The van der Waals surface area contributed by atoms with E-state index in [9.17, 15) is 0 Å². The van der Waals surface area contributed by atoms with Gasteiger partial charge < -0.3 is 5.32 Å². The number of benzene rings is 1. The Morgan fingerprint density at radius 3 is 2.24 bits per heavy atom. The van der Waals surface area contributed by atoms with Crippen molar-refractivity contribution >= 4 is 0 Å². The maximum atomic E-state index is 3.49. The van der Waals surface area contributed by atoms with Crippen LogP contribution in [0.2, 0.25) is 0 Å². The first-order chi connectivity index (χ1) is 8.04. The van der Waals surface area contributed by atoms with Gasteiger partial charge in [-0.2, -0.15) is 0 Å². The van der Waals surface area contributed by atoms with Crippen molar-refractivity contribution in [1.29, 1.82) is 0 Å². The molecule has 1 heteroatoms. The maximum Gasteiger partial charge on any atom is 0.00412 e. The molecule has 0 heterocycles. The Balaban J connectivity index is 2.59. The molecule has 1 nitrogen and oxygen atoms in total. The number of hydrogen-bond acceptors (Lipinski definition) is 1. The maximum absolute atomic E-state index is 3.49. The summed E-state index contributed by atoms with van der Waals surface area (Å²) < 4.78 is 0. The first kappa shape index (κ1) is 14.2. The average Bonchev–Trinajstić information content (AvgIpc) is 2.24. The van der Waals surface area contributed by atoms with Crippen LogP contribution in [0.1, 0.15) is 43.9 Å². The molecule has 17 heavy (non-hydrogen) atoms. The lowest BCUT2D eigenvalue weighted by Crippen LogP contribution is -2.28. The molecule has 0 aliphatic carbocycles. The van der Waals surface area contributed by atoms with Crippen LogP contribution in [-0.4, -0.2) is 12.6 Å². The summed E-state index contributed by atoms with van der Waals surface area (Å²) in [4.78, 5) is 0. The zero-order valence-corrected chi connectivity index (χ0v) is 12.0. The van der Waals surface area contributed by atoms with E-state index in [0.29, 0.717) is 6.04 Å². The lowest BCUT2D eigenvalue weighted by Gasteiger charge is -2.20. The highest BCUT2D eigenvalue weighted by atomic mass is 14.9. The summed E-state index contributed by atoms with van der Waals surface area (Å²) in [5, 5.41) is 3.49. The second-order valence-corrected chi connectivity index (χ2v) is 5.37. The van der Waals surface area contributed by atoms with E-state index in [-0.39, 0.29) is 0 Å². The summed E-state index contributed by atoms with van der Waals surface area (Å²) in [5.74, 6) is 0.740. The topological polar surface area (TPSA) is 12.0 Å².